The number of nitrogen functional groups attached to an aromatic ring is 4. The summed E-state index contributed by atoms with van der Waals surface area (Å²) in [6.45, 7) is 6.43. The molecule has 1 fully saturated rings. The molecule has 110 heavy (non-hydrogen) atoms. The third-order valence-electron chi connectivity index (χ3n) is 18.1. The molecule has 35 heteroatoms. The smallest absolute Gasteiger partial charge is 0.340 e. The fourth-order valence-corrected chi connectivity index (χ4v) is 12.3. The topological polar surface area (TPSA) is 314 Å². The van der Waals surface area contributed by atoms with Crippen molar-refractivity contribution in [3.63, 3.8) is 0 Å². The highest BCUT2D eigenvalue weighted by atomic mass is 127. The average Bonchev–Trinajstić information content (AvgIpc) is 1.66. The van der Waals surface area contributed by atoms with Crippen molar-refractivity contribution in [2.24, 2.45) is 10.8 Å². The Bertz CT molecular complexity index is 5040. The first-order valence-corrected chi connectivity index (χ1v) is 34.6. The summed E-state index contributed by atoms with van der Waals surface area (Å²) < 4.78 is 153. The van der Waals surface area contributed by atoms with Gasteiger partial charge in [0.05, 0.1) is 71.3 Å². The van der Waals surface area contributed by atoms with Gasteiger partial charge >= 0.3 is 43.5 Å². The number of nitrogens with two attached hydrogens (primary N) is 4. The molecule has 0 bridgehead atoms. The lowest BCUT2D eigenvalue weighted by molar-refractivity contribution is 0.0558. The minimum Gasteiger partial charge on any atom is -0.465 e. The summed E-state index contributed by atoms with van der Waals surface area (Å²) in [4.78, 5) is 62.4. The molecule has 1 aliphatic heterocycles. The van der Waals surface area contributed by atoms with Gasteiger partial charge in [-0.15, -0.1) is 0 Å². The van der Waals surface area contributed by atoms with Gasteiger partial charge in [-0.25, -0.2) is 70.7 Å². The number of benzene rings is 4. The summed E-state index contributed by atoms with van der Waals surface area (Å²) in [5, 5.41) is 11.1. The minimum atomic E-state index is -2.77. The Kier molecular flexibility index (Phi) is 27.5. The van der Waals surface area contributed by atoms with Crippen molar-refractivity contribution in [3.8, 4) is 66.8 Å². The van der Waals surface area contributed by atoms with Crippen LogP contribution in [-0.2, 0) is 18.9 Å². The van der Waals surface area contributed by atoms with E-state index in [0.29, 0.717) is 110 Å². The molecule has 8 N–H and O–H groups in total. The molecule has 0 radical (unpaired) electrons. The van der Waals surface area contributed by atoms with E-state index in [0.717, 1.165) is 52.5 Å². The van der Waals surface area contributed by atoms with Crippen LogP contribution in [0.4, 0.5) is 67.2 Å². The lowest BCUT2D eigenvalue weighted by Gasteiger charge is -2.35. The van der Waals surface area contributed by atoms with Crippen LogP contribution in [0, 0.1) is 58.4 Å². The van der Waals surface area contributed by atoms with Gasteiger partial charge < -0.3 is 41.9 Å². The quantitative estimate of drug-likeness (QED) is 0.0258. The predicted octanol–water partition coefficient (Wildman–Crippen LogP) is 16.9. The molecule has 8 heterocycles. The number of rotatable bonds is 14. The standard InChI is InChI=1S/C21H26BFN2O2.2C18H15F3N4O2.C13H10BrFN2O2.C5H5F2IN2/c1-20(2)11-22(12-21(20,3)4)14-9-16(18(24)25-10-14)13-6-7-15(17(23)8-13)19(26)27-5;2*1-9-14(8-25(24-9)18(20)21)11-5-13(16(22)23-7-11)10-3-4-12(15(19)6-10)17(26)27-2;1-19-13(18)9-3-2-7(4-11(9)15)10-5-8(14)6-17-12(10)16;1-3-4(8)2-10(9-3)5(6)7/h6-10H,11-12H2,1-5H3,(H2,24,25);2*3-8,18H,1-2H3,(H2,22,23);2-6H,1H3,(H2,16,17);2,5H,1H3. The van der Waals surface area contributed by atoms with Gasteiger partial charge in [-0.2, -0.15) is 41.6 Å². The van der Waals surface area contributed by atoms with E-state index in [-0.39, 0.29) is 50.5 Å². The van der Waals surface area contributed by atoms with Gasteiger partial charge in [0.2, 0.25) is 0 Å². The third kappa shape index (κ3) is 19.8. The van der Waals surface area contributed by atoms with Crippen LogP contribution in [0.3, 0.4) is 0 Å². The molecule has 1 aliphatic rings. The van der Waals surface area contributed by atoms with Crippen molar-refractivity contribution in [1.82, 2.24) is 49.3 Å². The highest BCUT2D eigenvalue weighted by Gasteiger charge is 2.48. The number of carbonyl (C=O) groups excluding carboxylic acids is 4. The normalized spacial score (nSPS) is 12.5. The van der Waals surface area contributed by atoms with E-state index >= 15 is 0 Å². The molecular weight excluding hydrogens is 1630 g/mol. The van der Waals surface area contributed by atoms with Gasteiger partial charge in [0, 0.05) is 92.4 Å². The average molecular weight is 1700 g/mol. The van der Waals surface area contributed by atoms with E-state index in [2.05, 4.69) is 97.8 Å². The number of halogens is 12. The summed E-state index contributed by atoms with van der Waals surface area (Å²) >= 11 is 5.24. The molecule has 4 aromatic carbocycles. The molecular formula is C75H71BBrF10IN14O8. The van der Waals surface area contributed by atoms with E-state index in [4.69, 9.17) is 22.9 Å². The van der Waals surface area contributed by atoms with Crippen LogP contribution in [0.15, 0.2) is 145 Å². The number of nitrogens with zero attached hydrogens (tertiary/aromatic N) is 10. The number of carbonyl (C=O) groups is 4. The molecule has 0 atom stereocenters. The Labute approximate surface area is 646 Å². The fraction of sp³-hybridized carbons (Fsp3) is 0.240. The first-order chi connectivity index (χ1) is 51.8. The molecule has 0 spiro atoms. The van der Waals surface area contributed by atoms with Crippen molar-refractivity contribution in [1.29, 1.82) is 0 Å². The molecule has 576 valence electrons. The summed E-state index contributed by atoms with van der Waals surface area (Å²) in [7, 11) is 4.74. The third-order valence-corrected chi connectivity index (χ3v) is 19.6. The van der Waals surface area contributed by atoms with Crippen molar-refractivity contribution in [3.05, 3.63) is 211 Å². The van der Waals surface area contributed by atoms with Crippen molar-refractivity contribution in [2.45, 2.75) is 80.8 Å². The van der Waals surface area contributed by atoms with Gasteiger partial charge in [0.25, 0.3) is 0 Å². The molecule has 1 saturated heterocycles. The van der Waals surface area contributed by atoms with Crippen molar-refractivity contribution >= 4 is 97.8 Å². The predicted molar refractivity (Wildman–Crippen MR) is 407 cm³/mol. The first-order valence-electron chi connectivity index (χ1n) is 32.7. The lowest BCUT2D eigenvalue weighted by atomic mass is 9.42. The van der Waals surface area contributed by atoms with Crippen LogP contribution in [0.25, 0.3) is 66.8 Å². The monoisotopic (exact) mass is 1700 g/mol. The van der Waals surface area contributed by atoms with Crippen LogP contribution in [0.2, 0.25) is 12.6 Å². The van der Waals surface area contributed by atoms with E-state index in [1.165, 1.54) is 93.7 Å². The second-order valence-corrected chi connectivity index (χ2v) is 27.9. The number of anilines is 4. The zero-order chi connectivity index (χ0) is 81.1. The van der Waals surface area contributed by atoms with Crippen LogP contribution in [0.1, 0.15) is 106 Å². The number of hydrogen-bond donors (Lipinski definition) is 4. The summed E-state index contributed by atoms with van der Waals surface area (Å²) in [6.07, 6.45) is 12.1. The molecule has 0 unspecified atom stereocenters. The number of aryl methyl sites for hydroxylation is 3. The number of esters is 4. The number of alkyl halides is 6. The maximum absolute atomic E-state index is 14.3. The van der Waals surface area contributed by atoms with Crippen LogP contribution >= 0.6 is 38.5 Å². The van der Waals surface area contributed by atoms with Gasteiger partial charge in [-0.05, 0) is 159 Å². The number of pyridine rings is 4. The Morgan fingerprint density at radius 3 is 1.00 bits per heavy atom. The molecule has 0 aliphatic carbocycles. The van der Waals surface area contributed by atoms with Crippen LogP contribution in [-0.4, -0.2) is 108 Å². The second-order valence-electron chi connectivity index (χ2n) is 25.8. The Balaban J connectivity index is 0.000000178. The summed E-state index contributed by atoms with van der Waals surface area (Å²) in [5.74, 6) is -4.96. The lowest BCUT2D eigenvalue weighted by Crippen LogP contribution is -2.28. The van der Waals surface area contributed by atoms with E-state index in [9.17, 15) is 63.1 Å². The minimum absolute atomic E-state index is 0.0942. The maximum Gasteiger partial charge on any atom is 0.340 e. The van der Waals surface area contributed by atoms with Crippen molar-refractivity contribution in [2.75, 3.05) is 51.4 Å². The van der Waals surface area contributed by atoms with Gasteiger partial charge in [-0.3, -0.25) is 0 Å². The fourth-order valence-electron chi connectivity index (χ4n) is 11.5. The first kappa shape index (κ1) is 84.4. The van der Waals surface area contributed by atoms with E-state index < -0.39 is 66.8 Å². The molecule has 0 amide bonds. The van der Waals surface area contributed by atoms with E-state index in [1.54, 1.807) is 57.3 Å². The maximum atomic E-state index is 14.3. The van der Waals surface area contributed by atoms with Gasteiger partial charge in [-0.1, -0.05) is 76.1 Å². The Hall–Kier alpha value is -11.2. The van der Waals surface area contributed by atoms with Gasteiger partial charge in [0.15, 0.2) is 6.71 Å². The van der Waals surface area contributed by atoms with E-state index in [1.807, 2.05) is 34.9 Å². The molecule has 22 nitrogen and oxygen atoms in total. The van der Waals surface area contributed by atoms with Gasteiger partial charge in [0.1, 0.15) is 46.5 Å². The highest BCUT2D eigenvalue weighted by Crippen LogP contribution is 2.53. The summed E-state index contributed by atoms with van der Waals surface area (Å²) in [5.41, 5.74) is 31.9. The molecule has 11 aromatic rings. The van der Waals surface area contributed by atoms with Crippen molar-refractivity contribution < 1.29 is 82.0 Å². The zero-order valence-electron chi connectivity index (χ0n) is 60.6. The SMILES string of the molecule is COC(=O)c1ccc(-c2cc(-c3cn(C(F)F)nc3C)cnc2N)cc1F.COC(=O)c1ccc(-c2cc(-c3cn(C(F)F)nc3C)cnc2N)cc1F.COC(=O)c1ccc(-c2cc(B3CC(C)(C)C(C)(C)C3)cnc2N)cc1F.COC(=O)c1ccc(-c2cc(Br)cnc2N)cc1F.Cc1nn(C(F)F)cc1I. The Morgan fingerprint density at radius 1 is 0.427 bits per heavy atom. The number of methoxy groups -OCH3 is 4. The molecule has 12 rings (SSSR count). The number of aromatic nitrogens is 10. The largest absolute Gasteiger partial charge is 0.465 e. The summed E-state index contributed by atoms with van der Waals surface area (Å²) in [6, 6.07) is 23.4. The van der Waals surface area contributed by atoms with Crippen LogP contribution in [0.5, 0.6) is 0 Å². The Morgan fingerprint density at radius 2 is 0.718 bits per heavy atom. The number of hydrogen-bond acceptors (Lipinski definition) is 19. The highest BCUT2D eigenvalue weighted by molar-refractivity contribution is 14.1. The zero-order valence-corrected chi connectivity index (χ0v) is 64.3. The second kappa shape index (κ2) is 35.9. The van der Waals surface area contributed by atoms with Crippen LogP contribution < -0.4 is 28.4 Å². The molecule has 0 saturated carbocycles. The molecule has 7 aromatic heterocycles. The number of ether oxygens (including phenoxy) is 4.